The summed E-state index contributed by atoms with van der Waals surface area (Å²) < 4.78 is 10.7. The molecule has 0 aliphatic carbocycles. The minimum absolute atomic E-state index is 0.349. The highest BCUT2D eigenvalue weighted by molar-refractivity contribution is 5.29. The van der Waals surface area contributed by atoms with Crippen LogP contribution < -0.4 is 4.74 Å². The number of benzene rings is 1. The summed E-state index contributed by atoms with van der Waals surface area (Å²) in [7, 11) is 1.63. The predicted molar refractivity (Wildman–Crippen MR) is 82.1 cm³/mol. The standard InChI is InChI=1S/C17H28O3/c1-3-4-5-6-7-8-12-20-14-17(18)15-10-9-11-16(13-15)19-2/h9-11,13,17-18H,3-8,12,14H2,1-2H3. The molecule has 0 bridgehead atoms. The Kier molecular flexibility index (Phi) is 9.09. The molecular weight excluding hydrogens is 252 g/mol. The van der Waals surface area contributed by atoms with E-state index >= 15 is 0 Å². The SMILES string of the molecule is CCCCCCCCOCC(O)c1cccc(OC)c1. The Morgan fingerprint density at radius 1 is 1.10 bits per heavy atom. The summed E-state index contributed by atoms with van der Waals surface area (Å²) in [6.07, 6.45) is 6.94. The van der Waals surface area contributed by atoms with Crippen LogP contribution in [-0.4, -0.2) is 25.4 Å². The van der Waals surface area contributed by atoms with E-state index in [0.29, 0.717) is 6.61 Å². The maximum Gasteiger partial charge on any atom is 0.119 e. The lowest BCUT2D eigenvalue weighted by Crippen LogP contribution is -2.08. The van der Waals surface area contributed by atoms with Gasteiger partial charge < -0.3 is 14.6 Å². The molecule has 3 nitrogen and oxygen atoms in total. The molecule has 0 fully saturated rings. The molecular formula is C17H28O3. The zero-order valence-electron chi connectivity index (χ0n) is 12.8. The number of hydrogen-bond acceptors (Lipinski definition) is 3. The van der Waals surface area contributed by atoms with Gasteiger partial charge in [-0.2, -0.15) is 0 Å². The van der Waals surface area contributed by atoms with Crippen LogP contribution in [0.25, 0.3) is 0 Å². The Bertz CT molecular complexity index is 352. The first-order valence-corrected chi connectivity index (χ1v) is 7.67. The number of methoxy groups -OCH3 is 1. The Morgan fingerprint density at radius 3 is 2.60 bits per heavy atom. The molecule has 0 saturated carbocycles. The Hall–Kier alpha value is -1.06. The molecule has 114 valence electrons. The largest absolute Gasteiger partial charge is 0.497 e. The smallest absolute Gasteiger partial charge is 0.119 e. The van der Waals surface area contributed by atoms with Crippen molar-refractivity contribution in [3.8, 4) is 5.75 Å². The van der Waals surface area contributed by atoms with Crippen LogP contribution in [0.3, 0.4) is 0 Å². The van der Waals surface area contributed by atoms with Crippen molar-refractivity contribution in [2.75, 3.05) is 20.3 Å². The maximum atomic E-state index is 10.0. The minimum atomic E-state index is -0.579. The Balaban J connectivity index is 2.12. The molecule has 0 spiro atoms. The lowest BCUT2D eigenvalue weighted by molar-refractivity contribution is 0.0343. The highest BCUT2D eigenvalue weighted by Gasteiger charge is 2.08. The predicted octanol–water partition coefficient (Wildman–Crippen LogP) is 4.11. The lowest BCUT2D eigenvalue weighted by atomic mass is 10.1. The van der Waals surface area contributed by atoms with Crippen LogP contribution in [0.2, 0.25) is 0 Å². The Morgan fingerprint density at radius 2 is 1.85 bits per heavy atom. The summed E-state index contributed by atoms with van der Waals surface area (Å²) in [5.74, 6) is 0.762. The topological polar surface area (TPSA) is 38.7 Å². The van der Waals surface area contributed by atoms with Gasteiger partial charge in [-0.3, -0.25) is 0 Å². The molecule has 1 aromatic rings. The highest BCUT2D eigenvalue weighted by atomic mass is 16.5. The van der Waals surface area contributed by atoms with Crippen molar-refractivity contribution in [3.05, 3.63) is 29.8 Å². The fourth-order valence-electron chi connectivity index (χ4n) is 2.12. The number of aliphatic hydroxyl groups excluding tert-OH is 1. The van der Waals surface area contributed by atoms with E-state index in [1.165, 1.54) is 32.1 Å². The van der Waals surface area contributed by atoms with E-state index in [1.54, 1.807) is 7.11 Å². The van der Waals surface area contributed by atoms with E-state index in [4.69, 9.17) is 9.47 Å². The van der Waals surface area contributed by atoms with Gasteiger partial charge in [-0.25, -0.2) is 0 Å². The number of hydrogen-bond donors (Lipinski definition) is 1. The van der Waals surface area contributed by atoms with Gasteiger partial charge in [0.1, 0.15) is 11.9 Å². The van der Waals surface area contributed by atoms with Crippen LogP contribution in [0, 0.1) is 0 Å². The third-order valence-electron chi connectivity index (χ3n) is 3.40. The molecule has 20 heavy (non-hydrogen) atoms. The molecule has 1 unspecified atom stereocenters. The number of aliphatic hydroxyl groups is 1. The summed E-state index contributed by atoms with van der Waals surface area (Å²) in [6, 6.07) is 7.48. The third-order valence-corrected chi connectivity index (χ3v) is 3.40. The fourth-order valence-corrected chi connectivity index (χ4v) is 2.12. The number of ether oxygens (including phenoxy) is 2. The first-order chi connectivity index (χ1) is 9.77. The quantitative estimate of drug-likeness (QED) is 0.620. The van der Waals surface area contributed by atoms with Crippen LogP contribution in [0.4, 0.5) is 0 Å². The van der Waals surface area contributed by atoms with E-state index in [1.807, 2.05) is 24.3 Å². The maximum absolute atomic E-state index is 10.0. The van der Waals surface area contributed by atoms with Crippen molar-refractivity contribution in [2.24, 2.45) is 0 Å². The van der Waals surface area contributed by atoms with E-state index in [9.17, 15) is 5.11 Å². The molecule has 1 atom stereocenters. The summed E-state index contributed by atoms with van der Waals surface area (Å²) in [6.45, 7) is 3.30. The molecule has 0 amide bonds. The van der Waals surface area contributed by atoms with Gasteiger partial charge in [-0.05, 0) is 24.1 Å². The van der Waals surface area contributed by atoms with Crippen LogP contribution in [0.5, 0.6) is 5.75 Å². The molecule has 0 radical (unpaired) electrons. The highest BCUT2D eigenvalue weighted by Crippen LogP contribution is 2.19. The van der Waals surface area contributed by atoms with Crippen molar-refractivity contribution < 1.29 is 14.6 Å². The van der Waals surface area contributed by atoms with Gasteiger partial charge in [0.2, 0.25) is 0 Å². The number of unbranched alkanes of at least 4 members (excludes halogenated alkanes) is 5. The average molecular weight is 280 g/mol. The lowest BCUT2D eigenvalue weighted by Gasteiger charge is -2.12. The average Bonchev–Trinajstić information content (AvgIpc) is 2.49. The van der Waals surface area contributed by atoms with E-state index in [-0.39, 0.29) is 0 Å². The molecule has 0 aliphatic rings. The molecule has 1 aromatic carbocycles. The van der Waals surface area contributed by atoms with Crippen LogP contribution in [0.15, 0.2) is 24.3 Å². The number of rotatable bonds is 11. The van der Waals surface area contributed by atoms with Crippen molar-refractivity contribution >= 4 is 0 Å². The van der Waals surface area contributed by atoms with Crippen LogP contribution >= 0.6 is 0 Å². The van der Waals surface area contributed by atoms with Gasteiger partial charge in [0.25, 0.3) is 0 Å². The molecule has 1 N–H and O–H groups in total. The molecule has 0 saturated heterocycles. The van der Waals surface area contributed by atoms with E-state index < -0.39 is 6.10 Å². The molecule has 0 heterocycles. The monoisotopic (exact) mass is 280 g/mol. The Labute approximate surface area is 122 Å². The summed E-state index contributed by atoms with van der Waals surface area (Å²) in [5.41, 5.74) is 0.840. The van der Waals surface area contributed by atoms with E-state index in [0.717, 1.165) is 24.3 Å². The van der Waals surface area contributed by atoms with Crippen molar-refractivity contribution in [1.82, 2.24) is 0 Å². The van der Waals surface area contributed by atoms with Gasteiger partial charge in [-0.15, -0.1) is 0 Å². The van der Waals surface area contributed by atoms with Crippen molar-refractivity contribution in [1.29, 1.82) is 0 Å². The van der Waals surface area contributed by atoms with Gasteiger partial charge >= 0.3 is 0 Å². The van der Waals surface area contributed by atoms with Gasteiger partial charge in [0.15, 0.2) is 0 Å². The van der Waals surface area contributed by atoms with Gasteiger partial charge in [0, 0.05) is 6.61 Å². The third kappa shape index (κ3) is 6.92. The summed E-state index contributed by atoms with van der Waals surface area (Å²) >= 11 is 0. The molecule has 0 aromatic heterocycles. The first kappa shape index (κ1) is 17.0. The zero-order chi connectivity index (χ0) is 14.6. The van der Waals surface area contributed by atoms with Crippen molar-refractivity contribution in [2.45, 2.75) is 51.6 Å². The summed E-state index contributed by atoms with van der Waals surface area (Å²) in [4.78, 5) is 0. The van der Waals surface area contributed by atoms with E-state index in [2.05, 4.69) is 6.92 Å². The second kappa shape index (κ2) is 10.7. The fraction of sp³-hybridized carbons (Fsp3) is 0.647. The normalized spacial score (nSPS) is 12.3. The second-order valence-corrected chi connectivity index (χ2v) is 5.14. The molecule has 3 heteroatoms. The van der Waals surface area contributed by atoms with Crippen LogP contribution in [-0.2, 0) is 4.74 Å². The van der Waals surface area contributed by atoms with Gasteiger partial charge in [0.05, 0.1) is 13.7 Å². The second-order valence-electron chi connectivity index (χ2n) is 5.14. The first-order valence-electron chi connectivity index (χ1n) is 7.67. The van der Waals surface area contributed by atoms with Crippen LogP contribution in [0.1, 0.15) is 57.1 Å². The minimum Gasteiger partial charge on any atom is -0.497 e. The molecule has 1 rings (SSSR count). The molecule has 0 aliphatic heterocycles. The van der Waals surface area contributed by atoms with Crippen molar-refractivity contribution in [3.63, 3.8) is 0 Å². The van der Waals surface area contributed by atoms with Gasteiger partial charge in [-0.1, -0.05) is 51.2 Å². The zero-order valence-corrected chi connectivity index (χ0v) is 12.8. The summed E-state index contributed by atoms with van der Waals surface area (Å²) in [5, 5.41) is 10.0.